The molecule has 2 N–H and O–H groups in total. The molecule has 1 aliphatic rings. The molecule has 2 rings (SSSR count). The van der Waals surface area contributed by atoms with Gasteiger partial charge in [-0.05, 0) is 32.0 Å². The van der Waals surface area contributed by atoms with E-state index in [-0.39, 0.29) is 16.6 Å². The largest absolute Gasteiger partial charge is 0.354 e. The van der Waals surface area contributed by atoms with E-state index in [4.69, 9.17) is 0 Å². The van der Waals surface area contributed by atoms with Gasteiger partial charge in [-0.15, -0.1) is 11.8 Å². The standard InChI is InChI=1S/C15H22N2OS/c1-12(10-16-2)14(18)17-11-15(8-9-15)19-13-6-4-3-5-7-13/h3-7,12,16H,8-11H2,1-2H3,(H,17,18). The lowest BCUT2D eigenvalue weighted by Crippen LogP contribution is -2.38. The highest BCUT2D eigenvalue weighted by atomic mass is 32.2. The van der Waals surface area contributed by atoms with Gasteiger partial charge in [-0.1, -0.05) is 25.1 Å². The van der Waals surface area contributed by atoms with Crippen LogP contribution in [0, 0.1) is 5.92 Å². The molecule has 1 atom stereocenters. The zero-order chi connectivity index (χ0) is 13.7. The first-order valence-electron chi connectivity index (χ1n) is 6.82. The summed E-state index contributed by atoms with van der Waals surface area (Å²) < 4.78 is 0.233. The molecule has 0 aliphatic heterocycles. The molecule has 1 aliphatic carbocycles. The third-order valence-electron chi connectivity index (χ3n) is 3.43. The number of hydrogen-bond donors (Lipinski definition) is 2. The van der Waals surface area contributed by atoms with E-state index in [1.807, 2.05) is 31.8 Å². The lowest BCUT2D eigenvalue weighted by atomic mass is 10.1. The van der Waals surface area contributed by atoms with Crippen molar-refractivity contribution in [1.29, 1.82) is 0 Å². The molecule has 3 nitrogen and oxygen atoms in total. The SMILES string of the molecule is CNCC(C)C(=O)NCC1(Sc2ccccc2)CC1. The average molecular weight is 278 g/mol. The maximum absolute atomic E-state index is 11.9. The first kappa shape index (κ1) is 14.4. The fourth-order valence-corrected chi connectivity index (χ4v) is 3.26. The van der Waals surface area contributed by atoms with Crippen LogP contribution >= 0.6 is 11.8 Å². The van der Waals surface area contributed by atoms with E-state index in [9.17, 15) is 4.79 Å². The molecular weight excluding hydrogens is 256 g/mol. The number of benzene rings is 1. The number of rotatable bonds is 7. The molecule has 0 spiro atoms. The van der Waals surface area contributed by atoms with E-state index in [1.54, 1.807) is 0 Å². The third-order valence-corrected chi connectivity index (χ3v) is 4.92. The fraction of sp³-hybridized carbons (Fsp3) is 0.533. The lowest BCUT2D eigenvalue weighted by molar-refractivity contribution is -0.124. The van der Waals surface area contributed by atoms with Gasteiger partial charge >= 0.3 is 0 Å². The van der Waals surface area contributed by atoms with Crippen LogP contribution in [0.3, 0.4) is 0 Å². The van der Waals surface area contributed by atoms with Crippen LogP contribution in [-0.4, -0.2) is 30.8 Å². The van der Waals surface area contributed by atoms with Crippen LogP contribution < -0.4 is 10.6 Å². The van der Waals surface area contributed by atoms with Crippen LogP contribution in [0.2, 0.25) is 0 Å². The fourth-order valence-electron chi connectivity index (χ4n) is 2.01. The molecule has 0 radical (unpaired) electrons. The van der Waals surface area contributed by atoms with Crippen LogP contribution in [-0.2, 0) is 4.79 Å². The van der Waals surface area contributed by atoms with Crippen molar-refractivity contribution < 1.29 is 4.79 Å². The molecule has 19 heavy (non-hydrogen) atoms. The van der Waals surface area contributed by atoms with Crippen LogP contribution in [0.4, 0.5) is 0 Å². The Morgan fingerprint density at radius 2 is 2.05 bits per heavy atom. The maximum Gasteiger partial charge on any atom is 0.224 e. The van der Waals surface area contributed by atoms with Gasteiger partial charge in [0.05, 0.1) is 0 Å². The van der Waals surface area contributed by atoms with Crippen LogP contribution in [0.25, 0.3) is 0 Å². The summed E-state index contributed by atoms with van der Waals surface area (Å²) in [6, 6.07) is 10.4. The summed E-state index contributed by atoms with van der Waals surface area (Å²) in [5, 5.41) is 6.13. The topological polar surface area (TPSA) is 41.1 Å². The summed E-state index contributed by atoms with van der Waals surface area (Å²) in [5.74, 6) is 0.178. The van der Waals surface area contributed by atoms with Crippen molar-refractivity contribution >= 4 is 17.7 Å². The van der Waals surface area contributed by atoms with E-state index < -0.39 is 0 Å². The van der Waals surface area contributed by atoms with E-state index in [0.717, 1.165) is 13.1 Å². The molecule has 1 fully saturated rings. The Morgan fingerprint density at radius 3 is 2.63 bits per heavy atom. The number of amides is 1. The number of hydrogen-bond acceptors (Lipinski definition) is 3. The molecule has 0 aromatic heterocycles. The third kappa shape index (κ3) is 4.25. The minimum absolute atomic E-state index is 0.0301. The van der Waals surface area contributed by atoms with Gasteiger partial charge in [0.2, 0.25) is 5.91 Å². The van der Waals surface area contributed by atoms with Crippen molar-refractivity contribution in [2.45, 2.75) is 29.4 Å². The van der Waals surface area contributed by atoms with Crippen molar-refractivity contribution in [2.24, 2.45) is 5.92 Å². The summed E-state index contributed by atoms with van der Waals surface area (Å²) in [7, 11) is 1.87. The highest BCUT2D eigenvalue weighted by molar-refractivity contribution is 8.01. The van der Waals surface area contributed by atoms with Crippen molar-refractivity contribution in [3.63, 3.8) is 0 Å². The second-order valence-electron chi connectivity index (χ2n) is 5.27. The summed E-state index contributed by atoms with van der Waals surface area (Å²) >= 11 is 1.89. The predicted molar refractivity (Wildman–Crippen MR) is 80.4 cm³/mol. The first-order valence-corrected chi connectivity index (χ1v) is 7.63. The Kier molecular flexibility index (Phi) is 4.88. The molecule has 1 aromatic rings. The molecule has 4 heteroatoms. The predicted octanol–water partition coefficient (Wildman–Crippen LogP) is 2.28. The van der Waals surface area contributed by atoms with Crippen molar-refractivity contribution in [3.8, 4) is 0 Å². The summed E-state index contributed by atoms with van der Waals surface area (Å²) in [4.78, 5) is 13.2. The van der Waals surface area contributed by atoms with Crippen molar-refractivity contribution in [2.75, 3.05) is 20.1 Å². The van der Waals surface area contributed by atoms with Gasteiger partial charge < -0.3 is 10.6 Å². The van der Waals surface area contributed by atoms with E-state index in [1.165, 1.54) is 17.7 Å². The van der Waals surface area contributed by atoms with Gasteiger partial charge in [-0.25, -0.2) is 0 Å². The van der Waals surface area contributed by atoms with Crippen LogP contribution in [0.15, 0.2) is 35.2 Å². The molecule has 0 heterocycles. The van der Waals surface area contributed by atoms with E-state index in [0.29, 0.717) is 0 Å². The lowest BCUT2D eigenvalue weighted by Gasteiger charge is -2.18. The Balaban J connectivity index is 1.81. The Morgan fingerprint density at radius 1 is 1.37 bits per heavy atom. The van der Waals surface area contributed by atoms with Gasteiger partial charge in [0, 0.05) is 28.6 Å². The second kappa shape index (κ2) is 6.44. The van der Waals surface area contributed by atoms with Crippen LogP contribution in [0.1, 0.15) is 19.8 Å². The number of carbonyl (C=O) groups excluding carboxylic acids is 1. The Bertz CT molecular complexity index is 417. The van der Waals surface area contributed by atoms with Gasteiger partial charge in [0.25, 0.3) is 0 Å². The molecular formula is C15H22N2OS. The highest BCUT2D eigenvalue weighted by Gasteiger charge is 2.44. The summed E-state index contributed by atoms with van der Waals surface area (Å²) in [5.41, 5.74) is 0. The first-order chi connectivity index (χ1) is 9.15. The molecule has 1 aromatic carbocycles. The Hall–Kier alpha value is -1.00. The molecule has 1 amide bonds. The maximum atomic E-state index is 11.9. The number of nitrogens with one attached hydrogen (secondary N) is 2. The van der Waals surface area contributed by atoms with Crippen molar-refractivity contribution in [3.05, 3.63) is 30.3 Å². The normalized spacial score (nSPS) is 17.8. The molecule has 1 unspecified atom stereocenters. The second-order valence-corrected chi connectivity index (χ2v) is 6.82. The summed E-state index contributed by atoms with van der Waals surface area (Å²) in [6.07, 6.45) is 2.38. The zero-order valence-corrected chi connectivity index (χ0v) is 12.4. The zero-order valence-electron chi connectivity index (χ0n) is 11.6. The van der Waals surface area contributed by atoms with Gasteiger partial charge in [-0.3, -0.25) is 4.79 Å². The quantitative estimate of drug-likeness (QED) is 0.804. The average Bonchev–Trinajstić information content (AvgIpc) is 3.17. The summed E-state index contributed by atoms with van der Waals surface area (Å²) in [6.45, 7) is 3.46. The molecule has 1 saturated carbocycles. The van der Waals surface area contributed by atoms with Crippen LogP contribution in [0.5, 0.6) is 0 Å². The minimum atomic E-state index is 0.0301. The number of thioether (sulfide) groups is 1. The van der Waals surface area contributed by atoms with E-state index in [2.05, 4.69) is 34.9 Å². The van der Waals surface area contributed by atoms with Crippen molar-refractivity contribution in [1.82, 2.24) is 10.6 Å². The molecule has 0 saturated heterocycles. The molecule has 104 valence electrons. The minimum Gasteiger partial charge on any atom is -0.354 e. The highest BCUT2D eigenvalue weighted by Crippen LogP contribution is 2.51. The van der Waals surface area contributed by atoms with Gasteiger partial charge in [0.1, 0.15) is 0 Å². The smallest absolute Gasteiger partial charge is 0.224 e. The molecule has 0 bridgehead atoms. The monoisotopic (exact) mass is 278 g/mol. The van der Waals surface area contributed by atoms with Gasteiger partial charge in [-0.2, -0.15) is 0 Å². The number of carbonyl (C=O) groups is 1. The Labute approximate surface area is 119 Å². The van der Waals surface area contributed by atoms with E-state index >= 15 is 0 Å². The van der Waals surface area contributed by atoms with Gasteiger partial charge in [0.15, 0.2) is 0 Å².